The fourth-order valence-electron chi connectivity index (χ4n) is 5.05. The van der Waals surface area contributed by atoms with Crippen LogP contribution in [0.3, 0.4) is 0 Å². The molecule has 0 radical (unpaired) electrons. The highest BCUT2D eigenvalue weighted by molar-refractivity contribution is 7.82. The van der Waals surface area contributed by atoms with E-state index >= 15 is 0 Å². The lowest BCUT2D eigenvalue weighted by Gasteiger charge is -2.38. The lowest BCUT2D eigenvalue weighted by atomic mass is 9.90. The van der Waals surface area contributed by atoms with Gasteiger partial charge in [-0.3, -0.25) is 4.79 Å². The van der Waals surface area contributed by atoms with Gasteiger partial charge in [-0.05, 0) is 70.1 Å². The van der Waals surface area contributed by atoms with E-state index in [2.05, 4.69) is 17.4 Å². The van der Waals surface area contributed by atoms with Crippen LogP contribution >= 0.6 is 0 Å². The summed E-state index contributed by atoms with van der Waals surface area (Å²) in [4.78, 5) is 28.0. The molecule has 0 saturated carbocycles. The predicted molar refractivity (Wildman–Crippen MR) is 145 cm³/mol. The molecule has 2 aromatic rings. The minimum absolute atomic E-state index is 0.00321. The van der Waals surface area contributed by atoms with Crippen molar-refractivity contribution in [2.75, 3.05) is 26.2 Å². The number of hydrogen-bond acceptors (Lipinski definition) is 4. The lowest BCUT2D eigenvalue weighted by Crippen LogP contribution is -2.47. The number of benzene rings is 2. The van der Waals surface area contributed by atoms with E-state index in [0.29, 0.717) is 32.1 Å². The number of ether oxygens (including phenoxy) is 1. The van der Waals surface area contributed by atoms with Crippen molar-refractivity contribution >= 4 is 23.0 Å². The SMILES string of the molecule is CC(C)(C)OC(=O)N1CCC(CNC(=O)C2CCC(c3ccccc3)N(S(=O)c3ccccc3)C2)CC1. The normalized spacial score (nSPS) is 22.3. The first-order valence-corrected chi connectivity index (χ1v) is 14.4. The topological polar surface area (TPSA) is 79.0 Å². The van der Waals surface area contributed by atoms with Gasteiger partial charge in [0.1, 0.15) is 16.6 Å². The summed E-state index contributed by atoms with van der Waals surface area (Å²) in [6, 6.07) is 19.6. The van der Waals surface area contributed by atoms with Gasteiger partial charge < -0.3 is 15.0 Å². The van der Waals surface area contributed by atoms with Gasteiger partial charge >= 0.3 is 6.09 Å². The summed E-state index contributed by atoms with van der Waals surface area (Å²) in [5.74, 6) is 0.142. The average molecular weight is 526 g/mol. The Kier molecular flexibility index (Phi) is 9.03. The third-order valence-electron chi connectivity index (χ3n) is 7.08. The molecule has 0 bridgehead atoms. The molecule has 2 aromatic carbocycles. The standard InChI is InChI=1S/C29H39N3O4S/c1-29(2,3)36-28(34)31-18-16-22(17-19-31)20-30-27(33)24-14-15-26(23-10-6-4-7-11-23)32(21-24)37(35)25-12-8-5-9-13-25/h4-13,22,24,26H,14-21H2,1-3H3,(H,30,33). The number of carbonyl (C=O) groups excluding carboxylic acids is 2. The minimum Gasteiger partial charge on any atom is -0.444 e. The van der Waals surface area contributed by atoms with E-state index in [1.807, 2.05) is 73.6 Å². The maximum atomic E-state index is 13.6. The van der Waals surface area contributed by atoms with Gasteiger partial charge in [0.15, 0.2) is 0 Å². The summed E-state index contributed by atoms with van der Waals surface area (Å²) in [5, 5.41) is 3.16. The Labute approximate surface area is 223 Å². The van der Waals surface area contributed by atoms with Gasteiger partial charge in [-0.1, -0.05) is 48.5 Å². The molecule has 200 valence electrons. The number of nitrogens with zero attached hydrogens (tertiary/aromatic N) is 2. The maximum absolute atomic E-state index is 13.6. The third-order valence-corrected chi connectivity index (χ3v) is 8.59. The molecule has 7 nitrogen and oxygen atoms in total. The number of hydrogen-bond donors (Lipinski definition) is 1. The first-order chi connectivity index (χ1) is 17.7. The molecule has 2 amide bonds. The van der Waals surface area contributed by atoms with Gasteiger partial charge in [-0.2, -0.15) is 0 Å². The third kappa shape index (κ3) is 7.42. The summed E-state index contributed by atoms with van der Waals surface area (Å²) in [6.45, 7) is 7.94. The summed E-state index contributed by atoms with van der Waals surface area (Å²) in [6.07, 6.45) is 2.94. The van der Waals surface area contributed by atoms with Crippen molar-refractivity contribution in [3.63, 3.8) is 0 Å². The van der Waals surface area contributed by atoms with Crippen molar-refractivity contribution in [1.82, 2.24) is 14.5 Å². The molecular formula is C29H39N3O4S. The first-order valence-electron chi connectivity index (χ1n) is 13.3. The molecule has 2 aliphatic heterocycles. The van der Waals surface area contributed by atoms with Gasteiger partial charge in [-0.15, -0.1) is 0 Å². The Balaban J connectivity index is 1.33. The second kappa shape index (κ2) is 12.2. The molecule has 8 heteroatoms. The zero-order valence-electron chi connectivity index (χ0n) is 22.1. The molecule has 3 unspecified atom stereocenters. The number of nitrogens with one attached hydrogen (secondary N) is 1. The number of amides is 2. The molecule has 0 spiro atoms. The van der Waals surface area contributed by atoms with E-state index in [-0.39, 0.29) is 24.0 Å². The Bertz CT molecular complexity index is 1070. The Morgan fingerprint density at radius 1 is 0.946 bits per heavy atom. The fourth-order valence-corrected chi connectivity index (χ4v) is 6.49. The largest absolute Gasteiger partial charge is 0.444 e. The molecule has 2 heterocycles. The number of likely N-dealkylation sites (tertiary alicyclic amines) is 1. The van der Waals surface area contributed by atoms with Crippen LogP contribution in [0.5, 0.6) is 0 Å². The van der Waals surface area contributed by atoms with Crippen LogP contribution in [0.4, 0.5) is 4.79 Å². The first kappa shape index (κ1) is 27.3. The maximum Gasteiger partial charge on any atom is 0.410 e. The van der Waals surface area contributed by atoms with Gasteiger partial charge in [0, 0.05) is 32.2 Å². The van der Waals surface area contributed by atoms with Crippen LogP contribution in [0, 0.1) is 11.8 Å². The van der Waals surface area contributed by atoms with Crippen LogP contribution in [0.2, 0.25) is 0 Å². The highest BCUT2D eigenvalue weighted by atomic mass is 32.2. The van der Waals surface area contributed by atoms with Gasteiger partial charge in [0.2, 0.25) is 5.91 Å². The van der Waals surface area contributed by atoms with Crippen molar-refractivity contribution in [3.8, 4) is 0 Å². The molecule has 2 saturated heterocycles. The molecule has 2 fully saturated rings. The van der Waals surface area contributed by atoms with E-state index in [0.717, 1.165) is 36.1 Å². The number of piperidine rings is 2. The number of carbonyl (C=O) groups is 2. The van der Waals surface area contributed by atoms with Crippen molar-refractivity contribution in [1.29, 1.82) is 0 Å². The van der Waals surface area contributed by atoms with E-state index in [1.54, 1.807) is 4.90 Å². The van der Waals surface area contributed by atoms with E-state index < -0.39 is 16.6 Å². The van der Waals surface area contributed by atoms with Gasteiger partial charge in [-0.25, -0.2) is 13.3 Å². The van der Waals surface area contributed by atoms with Gasteiger partial charge in [0.25, 0.3) is 0 Å². The monoisotopic (exact) mass is 525 g/mol. The van der Waals surface area contributed by atoms with Crippen LogP contribution in [0.1, 0.15) is 58.1 Å². The summed E-state index contributed by atoms with van der Waals surface area (Å²) in [5.41, 5.74) is 0.627. The molecule has 0 aromatic heterocycles. The van der Waals surface area contributed by atoms with Crippen LogP contribution in [0.25, 0.3) is 0 Å². The quantitative estimate of drug-likeness (QED) is 0.580. The Morgan fingerprint density at radius 3 is 2.19 bits per heavy atom. The molecule has 3 atom stereocenters. The fraction of sp³-hybridized carbons (Fsp3) is 0.517. The van der Waals surface area contributed by atoms with Crippen LogP contribution in [0.15, 0.2) is 65.6 Å². The second-order valence-corrected chi connectivity index (χ2v) is 12.5. The molecule has 2 aliphatic rings. The zero-order valence-corrected chi connectivity index (χ0v) is 22.9. The number of rotatable bonds is 6. The van der Waals surface area contributed by atoms with Crippen LogP contribution in [-0.4, -0.2) is 57.2 Å². The van der Waals surface area contributed by atoms with E-state index in [9.17, 15) is 13.8 Å². The van der Waals surface area contributed by atoms with E-state index in [1.165, 1.54) is 0 Å². The van der Waals surface area contributed by atoms with Crippen molar-refractivity contribution in [3.05, 3.63) is 66.2 Å². The van der Waals surface area contributed by atoms with Crippen LogP contribution in [-0.2, 0) is 20.5 Å². The van der Waals surface area contributed by atoms with Gasteiger partial charge in [0.05, 0.1) is 10.8 Å². The summed E-state index contributed by atoms with van der Waals surface area (Å²) >= 11 is 0. The zero-order chi connectivity index (χ0) is 26.4. The smallest absolute Gasteiger partial charge is 0.410 e. The molecular weight excluding hydrogens is 486 g/mol. The van der Waals surface area contributed by atoms with Crippen LogP contribution < -0.4 is 5.32 Å². The van der Waals surface area contributed by atoms with E-state index in [4.69, 9.17) is 4.74 Å². The van der Waals surface area contributed by atoms with Crippen molar-refractivity contribution < 1.29 is 18.5 Å². The molecule has 0 aliphatic carbocycles. The van der Waals surface area contributed by atoms with Crippen molar-refractivity contribution in [2.45, 2.75) is 63.0 Å². The average Bonchev–Trinajstić information content (AvgIpc) is 2.91. The van der Waals surface area contributed by atoms with Crippen molar-refractivity contribution in [2.24, 2.45) is 11.8 Å². The molecule has 4 rings (SSSR count). The highest BCUT2D eigenvalue weighted by Crippen LogP contribution is 2.36. The Morgan fingerprint density at radius 2 is 1.57 bits per heavy atom. The molecule has 37 heavy (non-hydrogen) atoms. The highest BCUT2D eigenvalue weighted by Gasteiger charge is 2.36. The predicted octanol–water partition coefficient (Wildman–Crippen LogP) is 4.93. The second-order valence-electron chi connectivity index (χ2n) is 11.0. The minimum atomic E-state index is -1.36. The lowest BCUT2D eigenvalue weighted by molar-refractivity contribution is -0.126. The molecule has 1 N–H and O–H groups in total. The Hall–Kier alpha value is -2.71. The summed E-state index contributed by atoms with van der Waals surface area (Å²) < 4.78 is 21.1. The summed E-state index contributed by atoms with van der Waals surface area (Å²) in [7, 11) is -1.36.